The molecule has 3 aromatic rings. The van der Waals surface area contributed by atoms with Crippen LogP contribution in [0.5, 0.6) is 11.5 Å². The van der Waals surface area contributed by atoms with E-state index in [2.05, 4.69) is 65.6 Å². The number of phenolic OH excluding ortho intramolecular Hbond substituents is 2. The van der Waals surface area contributed by atoms with Crippen molar-refractivity contribution >= 4 is 41.4 Å². The molecule has 2 aliphatic rings. The van der Waals surface area contributed by atoms with E-state index < -0.39 is 17.9 Å². The molecule has 0 aliphatic carbocycles. The molecular formula is C34H40N2O8S2. The number of aliphatic carboxylic acids is 2. The number of carboxylic acids is 2. The number of ether oxygens (including phenoxy) is 1. The Kier molecular flexibility index (Phi) is 14.0. The lowest BCUT2D eigenvalue weighted by molar-refractivity contribution is -0.134. The molecule has 2 aliphatic heterocycles. The molecule has 0 amide bonds. The lowest BCUT2D eigenvalue weighted by Gasteiger charge is -2.38. The number of esters is 1. The second-order valence-corrected chi connectivity index (χ2v) is 12.5. The molecule has 2 heterocycles. The number of piperazine rings is 1. The summed E-state index contributed by atoms with van der Waals surface area (Å²) >= 11 is 3.79. The molecule has 3 aromatic carbocycles. The van der Waals surface area contributed by atoms with Gasteiger partial charge >= 0.3 is 17.9 Å². The number of aromatic hydroxyl groups is 2. The van der Waals surface area contributed by atoms with Crippen LogP contribution in [0.15, 0.2) is 81.4 Å². The summed E-state index contributed by atoms with van der Waals surface area (Å²) in [5.41, 5.74) is 3.60. The first kappa shape index (κ1) is 36.5. The zero-order chi connectivity index (χ0) is 33.8. The maximum Gasteiger partial charge on any atom is 0.342 e. The van der Waals surface area contributed by atoms with Crippen molar-refractivity contribution in [3.05, 3.63) is 89.0 Å². The van der Waals surface area contributed by atoms with Crippen molar-refractivity contribution in [2.45, 2.75) is 41.0 Å². The van der Waals surface area contributed by atoms with E-state index in [0.29, 0.717) is 23.8 Å². The quantitative estimate of drug-likeness (QED) is 0.145. The number of thioether (sulfide) groups is 1. The Balaban J connectivity index is 0.000000222. The predicted octanol–water partition coefficient (Wildman–Crippen LogP) is 5.70. The Bertz CT molecular complexity index is 1510. The standard InChI is InChI=1S/C20H24N2S2.C10H12O4.C4H4O4/c1-21-9-11-22(12-10-21)18-13-15-5-3-4-6-19(15)24-20-8-7-16(23-2)14-17(18)20;1-3-14-10(13)9-6(2)4-7(11)5-8(9)12;5-3(6)1-2-4(7)8/h3-8,14,18H,9-13H2,1-2H3;4-5,11-12H,3H2,1-2H3;1-2H,(H,5,6)(H,7,8). The van der Waals surface area contributed by atoms with Crippen molar-refractivity contribution in [1.82, 2.24) is 9.80 Å². The second kappa shape index (κ2) is 17.7. The van der Waals surface area contributed by atoms with Gasteiger partial charge in [0.25, 0.3) is 0 Å². The highest BCUT2D eigenvalue weighted by Gasteiger charge is 2.29. The Morgan fingerprint density at radius 3 is 2.20 bits per heavy atom. The number of carbonyl (C=O) groups is 3. The van der Waals surface area contributed by atoms with E-state index in [4.69, 9.17) is 20.1 Å². The molecule has 1 unspecified atom stereocenters. The van der Waals surface area contributed by atoms with Gasteiger partial charge in [0.2, 0.25) is 0 Å². The van der Waals surface area contributed by atoms with Gasteiger partial charge in [-0.15, -0.1) is 11.8 Å². The monoisotopic (exact) mass is 668 g/mol. The molecule has 0 spiro atoms. The first-order valence-corrected chi connectivity index (χ1v) is 16.7. The molecule has 12 heteroatoms. The molecular weight excluding hydrogens is 629 g/mol. The SMILES string of the molecule is CCOC(=O)c1c(C)cc(O)cc1O.CSc1ccc2c(c1)C(N1CCN(C)CC1)Cc1ccccc1S2.O=C(O)C=CC(=O)O. The maximum absolute atomic E-state index is 11.3. The highest BCUT2D eigenvalue weighted by atomic mass is 32.2. The largest absolute Gasteiger partial charge is 0.508 e. The normalized spacial score (nSPS) is 16.0. The number of hydrogen-bond donors (Lipinski definition) is 4. The number of benzene rings is 3. The van der Waals surface area contributed by atoms with Crippen LogP contribution >= 0.6 is 23.5 Å². The summed E-state index contributed by atoms with van der Waals surface area (Å²) in [4.78, 5) is 39.8. The van der Waals surface area contributed by atoms with Crippen molar-refractivity contribution in [1.29, 1.82) is 0 Å². The molecule has 5 rings (SSSR count). The van der Waals surface area contributed by atoms with Crippen molar-refractivity contribution in [2.24, 2.45) is 0 Å². The lowest BCUT2D eigenvalue weighted by atomic mass is 9.96. The van der Waals surface area contributed by atoms with Gasteiger partial charge in [-0.05, 0) is 80.6 Å². The molecule has 4 N–H and O–H groups in total. The molecule has 1 atom stereocenters. The Labute approximate surface area is 277 Å². The van der Waals surface area contributed by atoms with E-state index in [-0.39, 0.29) is 23.7 Å². The van der Waals surface area contributed by atoms with Gasteiger partial charge in [0.1, 0.15) is 17.1 Å². The molecule has 10 nitrogen and oxygen atoms in total. The number of carbonyl (C=O) groups excluding carboxylic acids is 1. The number of phenols is 2. The van der Waals surface area contributed by atoms with E-state index >= 15 is 0 Å². The number of fused-ring (bicyclic) bond motifs is 2. The van der Waals surface area contributed by atoms with Crippen LogP contribution in [0.3, 0.4) is 0 Å². The van der Waals surface area contributed by atoms with Crippen LogP contribution in [-0.4, -0.2) is 94.2 Å². The smallest absolute Gasteiger partial charge is 0.342 e. The van der Waals surface area contributed by atoms with Gasteiger partial charge in [0, 0.05) is 65.1 Å². The van der Waals surface area contributed by atoms with E-state index in [0.717, 1.165) is 25.6 Å². The Morgan fingerprint density at radius 1 is 0.957 bits per heavy atom. The van der Waals surface area contributed by atoms with Gasteiger partial charge in [-0.3, -0.25) is 4.90 Å². The van der Waals surface area contributed by atoms with Gasteiger partial charge < -0.3 is 30.1 Å². The fraction of sp³-hybridized carbons (Fsp3) is 0.324. The molecule has 0 bridgehead atoms. The number of likely N-dealkylation sites (N-methyl/N-ethyl adjacent to an activating group) is 1. The van der Waals surface area contributed by atoms with E-state index in [1.54, 1.807) is 13.8 Å². The zero-order valence-corrected chi connectivity index (χ0v) is 27.9. The summed E-state index contributed by atoms with van der Waals surface area (Å²) in [5.74, 6) is -3.43. The van der Waals surface area contributed by atoms with Gasteiger partial charge in [-0.25, -0.2) is 14.4 Å². The van der Waals surface area contributed by atoms with Gasteiger partial charge in [0.15, 0.2) is 0 Å². The summed E-state index contributed by atoms with van der Waals surface area (Å²) in [6.07, 6.45) is 4.41. The maximum atomic E-state index is 11.3. The molecule has 246 valence electrons. The fourth-order valence-electron chi connectivity index (χ4n) is 5.04. The molecule has 0 saturated carbocycles. The van der Waals surface area contributed by atoms with Crippen LogP contribution in [0.2, 0.25) is 0 Å². The molecule has 1 saturated heterocycles. The Morgan fingerprint density at radius 2 is 1.61 bits per heavy atom. The number of nitrogens with zero attached hydrogens (tertiary/aromatic N) is 2. The highest BCUT2D eigenvalue weighted by molar-refractivity contribution is 7.99. The third-order valence-electron chi connectivity index (χ3n) is 7.31. The molecule has 0 aromatic heterocycles. The van der Waals surface area contributed by atoms with Crippen LogP contribution in [0.1, 0.15) is 40.0 Å². The fourth-order valence-corrected chi connectivity index (χ4v) is 6.60. The summed E-state index contributed by atoms with van der Waals surface area (Å²) in [6, 6.07) is 19.0. The average Bonchev–Trinajstić information content (AvgIpc) is 3.17. The molecule has 0 radical (unpaired) electrons. The highest BCUT2D eigenvalue weighted by Crippen LogP contribution is 2.44. The van der Waals surface area contributed by atoms with E-state index in [1.165, 1.54) is 45.0 Å². The summed E-state index contributed by atoms with van der Waals surface area (Å²) < 4.78 is 4.75. The lowest BCUT2D eigenvalue weighted by Crippen LogP contribution is -2.46. The van der Waals surface area contributed by atoms with Crippen LogP contribution in [0.4, 0.5) is 0 Å². The number of rotatable bonds is 6. The van der Waals surface area contributed by atoms with Gasteiger partial charge in [-0.2, -0.15) is 0 Å². The zero-order valence-electron chi connectivity index (χ0n) is 26.3. The first-order valence-electron chi connectivity index (χ1n) is 14.6. The van der Waals surface area contributed by atoms with Crippen molar-refractivity contribution in [3.63, 3.8) is 0 Å². The van der Waals surface area contributed by atoms with Crippen molar-refractivity contribution in [2.75, 3.05) is 46.1 Å². The molecule has 46 heavy (non-hydrogen) atoms. The van der Waals surface area contributed by atoms with E-state index in [1.807, 2.05) is 23.5 Å². The number of hydrogen-bond acceptors (Lipinski definition) is 10. The Hall–Kier alpha value is -3.97. The topological polar surface area (TPSA) is 148 Å². The van der Waals surface area contributed by atoms with Crippen molar-refractivity contribution < 1.29 is 39.5 Å². The summed E-state index contributed by atoms with van der Waals surface area (Å²) in [5, 5.41) is 34.2. The summed E-state index contributed by atoms with van der Waals surface area (Å²) in [6.45, 7) is 8.22. The third-order valence-corrected chi connectivity index (χ3v) is 9.24. The average molecular weight is 669 g/mol. The molecule has 1 fully saturated rings. The number of aryl methyl sites for hydroxylation is 1. The van der Waals surface area contributed by atoms with E-state index in [9.17, 15) is 19.5 Å². The van der Waals surface area contributed by atoms with Crippen LogP contribution < -0.4 is 0 Å². The van der Waals surface area contributed by atoms with Crippen LogP contribution in [0, 0.1) is 6.92 Å². The van der Waals surface area contributed by atoms with Gasteiger partial charge in [0.05, 0.1) is 6.61 Å². The second-order valence-electron chi connectivity index (χ2n) is 10.6. The van der Waals surface area contributed by atoms with Gasteiger partial charge in [-0.1, -0.05) is 30.0 Å². The first-order chi connectivity index (χ1) is 21.9. The minimum absolute atomic E-state index is 0.0759. The van der Waals surface area contributed by atoms with Crippen LogP contribution in [0.25, 0.3) is 0 Å². The predicted molar refractivity (Wildman–Crippen MR) is 179 cm³/mol. The third kappa shape index (κ3) is 10.5. The van der Waals surface area contributed by atoms with Crippen molar-refractivity contribution in [3.8, 4) is 11.5 Å². The summed E-state index contributed by atoms with van der Waals surface area (Å²) in [7, 11) is 2.23. The van der Waals surface area contributed by atoms with Crippen LogP contribution in [-0.2, 0) is 20.7 Å². The minimum atomic E-state index is -1.26. The minimum Gasteiger partial charge on any atom is -0.508 e. The number of carboxylic acid groups (broad SMARTS) is 2.